The first-order chi connectivity index (χ1) is 7.70. The number of hydrogen-bond acceptors (Lipinski definition) is 5. The van der Waals surface area contributed by atoms with Gasteiger partial charge in [-0.15, -0.1) is 0 Å². The Hall–Kier alpha value is -1.27. The van der Waals surface area contributed by atoms with Crippen molar-refractivity contribution in [1.29, 1.82) is 0 Å². The number of nitrogens with two attached hydrogens (primary N) is 1. The number of thioether (sulfide) groups is 1. The number of fused-ring (bicyclic) bond motifs is 1. The Balaban J connectivity index is 2.31. The number of aromatic nitrogens is 3. The van der Waals surface area contributed by atoms with Gasteiger partial charge in [-0.25, -0.2) is 9.97 Å². The van der Waals surface area contributed by atoms with E-state index in [9.17, 15) is 0 Å². The van der Waals surface area contributed by atoms with Crippen LogP contribution in [0.25, 0.3) is 5.65 Å². The second kappa shape index (κ2) is 4.71. The summed E-state index contributed by atoms with van der Waals surface area (Å²) in [6.07, 6.45) is 6.03. The van der Waals surface area contributed by atoms with Crippen LogP contribution in [0, 0.1) is 0 Å². The molecule has 6 heteroatoms. The van der Waals surface area contributed by atoms with Crippen molar-refractivity contribution in [2.75, 3.05) is 12.3 Å². The topological polar surface area (TPSA) is 76.4 Å². The van der Waals surface area contributed by atoms with Crippen LogP contribution in [0.3, 0.4) is 0 Å². The molecule has 1 unspecified atom stereocenters. The molecule has 5 nitrogen and oxygen atoms in total. The number of aliphatic hydroxyl groups is 1. The molecule has 16 heavy (non-hydrogen) atoms. The summed E-state index contributed by atoms with van der Waals surface area (Å²) in [6, 6.07) is 0. The van der Waals surface area contributed by atoms with Crippen molar-refractivity contribution in [2.45, 2.75) is 23.6 Å². The molecule has 0 aliphatic heterocycles. The van der Waals surface area contributed by atoms with Crippen LogP contribution in [-0.2, 0) is 0 Å². The van der Waals surface area contributed by atoms with Gasteiger partial charge in [0.2, 0.25) is 0 Å². The van der Waals surface area contributed by atoms with Gasteiger partial charge in [0.25, 0.3) is 0 Å². The third-order valence-corrected chi connectivity index (χ3v) is 3.35. The SMILES string of the molecule is CC(CCO)Sc1nc(N)cn2ccnc12. The molecule has 0 spiro atoms. The van der Waals surface area contributed by atoms with Gasteiger partial charge >= 0.3 is 0 Å². The quantitative estimate of drug-likeness (QED) is 0.782. The van der Waals surface area contributed by atoms with Gasteiger partial charge < -0.3 is 15.2 Å². The molecule has 86 valence electrons. The second-order valence-corrected chi connectivity index (χ2v) is 5.00. The predicted octanol–water partition coefficient (Wildman–Crippen LogP) is 1.17. The second-order valence-electron chi connectivity index (χ2n) is 3.57. The van der Waals surface area contributed by atoms with Crippen molar-refractivity contribution in [1.82, 2.24) is 14.4 Å². The molecule has 3 N–H and O–H groups in total. The molecule has 1 atom stereocenters. The van der Waals surface area contributed by atoms with E-state index in [4.69, 9.17) is 10.8 Å². The van der Waals surface area contributed by atoms with Gasteiger partial charge in [-0.1, -0.05) is 18.7 Å². The highest BCUT2D eigenvalue weighted by molar-refractivity contribution is 8.00. The lowest BCUT2D eigenvalue weighted by Gasteiger charge is -2.09. The summed E-state index contributed by atoms with van der Waals surface area (Å²) in [4.78, 5) is 8.51. The van der Waals surface area contributed by atoms with Gasteiger partial charge in [-0.3, -0.25) is 0 Å². The maximum absolute atomic E-state index is 8.86. The van der Waals surface area contributed by atoms with Gasteiger partial charge in [0.05, 0.1) is 6.20 Å². The summed E-state index contributed by atoms with van der Waals surface area (Å²) in [5, 5.41) is 9.97. The summed E-state index contributed by atoms with van der Waals surface area (Å²) >= 11 is 1.58. The summed E-state index contributed by atoms with van der Waals surface area (Å²) in [7, 11) is 0. The molecule has 0 radical (unpaired) electrons. The van der Waals surface area contributed by atoms with E-state index >= 15 is 0 Å². The van der Waals surface area contributed by atoms with Gasteiger partial charge in [-0.2, -0.15) is 0 Å². The Kier molecular flexibility index (Phi) is 3.31. The van der Waals surface area contributed by atoms with E-state index in [1.807, 2.05) is 17.5 Å². The Morgan fingerprint density at radius 2 is 2.44 bits per heavy atom. The van der Waals surface area contributed by atoms with Crippen LogP contribution >= 0.6 is 11.8 Å². The van der Waals surface area contributed by atoms with Crippen LogP contribution in [0.1, 0.15) is 13.3 Å². The summed E-state index contributed by atoms with van der Waals surface area (Å²) in [5.74, 6) is 0.476. The molecule has 0 fully saturated rings. The van der Waals surface area contributed by atoms with Crippen LogP contribution in [0.5, 0.6) is 0 Å². The number of hydrogen-bond donors (Lipinski definition) is 2. The third kappa shape index (κ3) is 2.28. The Bertz CT molecular complexity index is 485. The van der Waals surface area contributed by atoms with Gasteiger partial charge in [0.15, 0.2) is 5.65 Å². The van der Waals surface area contributed by atoms with Crippen molar-refractivity contribution in [2.24, 2.45) is 0 Å². The van der Waals surface area contributed by atoms with Crippen LogP contribution in [0.15, 0.2) is 23.6 Å². The van der Waals surface area contributed by atoms with Crippen LogP contribution in [0.2, 0.25) is 0 Å². The van der Waals surface area contributed by atoms with E-state index in [1.54, 1.807) is 24.2 Å². The summed E-state index contributed by atoms with van der Waals surface area (Å²) in [5.41, 5.74) is 6.52. The molecule has 0 aliphatic carbocycles. The molecule has 2 heterocycles. The molecule has 0 aromatic carbocycles. The first kappa shape index (κ1) is 11.2. The van der Waals surface area contributed by atoms with Gasteiger partial charge in [-0.05, 0) is 6.42 Å². The van der Waals surface area contributed by atoms with Crippen molar-refractivity contribution in [3.63, 3.8) is 0 Å². The number of rotatable bonds is 4. The molecular formula is C10H14N4OS. The van der Waals surface area contributed by atoms with Crippen LogP contribution in [-0.4, -0.2) is 31.3 Å². The monoisotopic (exact) mass is 238 g/mol. The zero-order valence-electron chi connectivity index (χ0n) is 9.00. The Morgan fingerprint density at radius 3 is 3.19 bits per heavy atom. The standard InChI is InChI=1S/C10H14N4OS/c1-7(2-5-15)16-10-9-12-3-4-14(9)6-8(11)13-10/h3-4,6-7,15H,2,5,11H2,1H3. The van der Waals surface area contributed by atoms with E-state index in [-0.39, 0.29) is 6.61 Å². The molecule has 0 bridgehead atoms. The lowest BCUT2D eigenvalue weighted by atomic mass is 10.3. The van der Waals surface area contributed by atoms with Gasteiger partial charge in [0.1, 0.15) is 10.8 Å². The lowest BCUT2D eigenvalue weighted by Crippen LogP contribution is -2.03. The van der Waals surface area contributed by atoms with Crippen molar-refractivity contribution in [3.8, 4) is 0 Å². The lowest BCUT2D eigenvalue weighted by molar-refractivity contribution is 0.289. The van der Waals surface area contributed by atoms with E-state index in [2.05, 4.69) is 9.97 Å². The highest BCUT2D eigenvalue weighted by Crippen LogP contribution is 2.27. The molecular weight excluding hydrogens is 224 g/mol. The van der Waals surface area contributed by atoms with E-state index in [1.165, 1.54) is 0 Å². The molecule has 0 saturated heterocycles. The average Bonchev–Trinajstić information content (AvgIpc) is 2.65. The maximum Gasteiger partial charge on any atom is 0.169 e. The third-order valence-electron chi connectivity index (χ3n) is 2.21. The summed E-state index contributed by atoms with van der Waals surface area (Å²) < 4.78 is 1.86. The fourth-order valence-electron chi connectivity index (χ4n) is 1.43. The number of nitrogens with zero attached hydrogens (tertiary/aromatic N) is 3. The molecule has 2 aromatic rings. The molecule has 2 aromatic heterocycles. The number of nitrogen functional groups attached to an aromatic ring is 1. The Morgan fingerprint density at radius 1 is 1.62 bits per heavy atom. The largest absolute Gasteiger partial charge is 0.396 e. The summed E-state index contributed by atoms with van der Waals surface area (Å²) in [6.45, 7) is 2.23. The normalized spacial score (nSPS) is 13.1. The average molecular weight is 238 g/mol. The Labute approximate surface area is 97.7 Å². The minimum Gasteiger partial charge on any atom is -0.396 e. The number of anilines is 1. The fourth-order valence-corrected chi connectivity index (χ4v) is 2.46. The first-order valence-corrected chi connectivity index (χ1v) is 5.95. The maximum atomic E-state index is 8.86. The van der Waals surface area contributed by atoms with E-state index in [0.29, 0.717) is 11.1 Å². The molecule has 0 aliphatic rings. The minimum atomic E-state index is 0.182. The number of aliphatic hydroxyl groups excluding tert-OH is 1. The molecule has 0 saturated carbocycles. The fraction of sp³-hybridized carbons (Fsp3) is 0.400. The molecule has 2 rings (SSSR count). The van der Waals surface area contributed by atoms with Gasteiger partial charge in [0, 0.05) is 24.3 Å². The zero-order valence-corrected chi connectivity index (χ0v) is 9.81. The highest BCUT2D eigenvalue weighted by Gasteiger charge is 2.11. The van der Waals surface area contributed by atoms with Crippen LogP contribution < -0.4 is 5.73 Å². The zero-order chi connectivity index (χ0) is 11.5. The van der Waals surface area contributed by atoms with Crippen molar-refractivity contribution >= 4 is 23.2 Å². The highest BCUT2D eigenvalue weighted by atomic mass is 32.2. The first-order valence-electron chi connectivity index (χ1n) is 5.07. The smallest absolute Gasteiger partial charge is 0.169 e. The van der Waals surface area contributed by atoms with Crippen LogP contribution in [0.4, 0.5) is 5.82 Å². The van der Waals surface area contributed by atoms with Crippen molar-refractivity contribution < 1.29 is 5.11 Å². The van der Waals surface area contributed by atoms with E-state index in [0.717, 1.165) is 17.1 Å². The molecule has 0 amide bonds. The number of imidazole rings is 1. The van der Waals surface area contributed by atoms with E-state index < -0.39 is 0 Å². The predicted molar refractivity (Wildman–Crippen MR) is 64.4 cm³/mol. The minimum absolute atomic E-state index is 0.182. The van der Waals surface area contributed by atoms with Crippen molar-refractivity contribution in [3.05, 3.63) is 18.6 Å².